The maximum atomic E-state index is 5.02. The van der Waals surface area contributed by atoms with Crippen LogP contribution >= 0.6 is 11.8 Å². The van der Waals surface area contributed by atoms with Gasteiger partial charge in [0.25, 0.3) is 0 Å². The standard InChI is InChI=1S/C13H19NOS/c1-11(14-2)12-5-7-13(8-6-12)16-10-4-9-15-3/h5-8H,4,9-10H2,1-3H3. The Bertz CT molecular complexity index is 332. The van der Waals surface area contributed by atoms with Crippen molar-refractivity contribution in [2.75, 3.05) is 26.5 Å². The Morgan fingerprint density at radius 1 is 1.31 bits per heavy atom. The first-order valence-electron chi connectivity index (χ1n) is 5.43. The van der Waals surface area contributed by atoms with Gasteiger partial charge in [-0.1, -0.05) is 12.1 Å². The van der Waals surface area contributed by atoms with Crippen LogP contribution in [0.25, 0.3) is 0 Å². The van der Waals surface area contributed by atoms with Crippen molar-refractivity contribution in [3.05, 3.63) is 29.8 Å². The molecular weight excluding hydrogens is 218 g/mol. The molecule has 0 saturated carbocycles. The van der Waals surface area contributed by atoms with Gasteiger partial charge in [-0.15, -0.1) is 11.8 Å². The molecule has 0 unspecified atom stereocenters. The molecule has 3 heteroatoms. The molecule has 0 aliphatic carbocycles. The summed E-state index contributed by atoms with van der Waals surface area (Å²) in [5, 5.41) is 0. The van der Waals surface area contributed by atoms with E-state index in [4.69, 9.17) is 4.74 Å². The van der Waals surface area contributed by atoms with Crippen molar-refractivity contribution in [3.8, 4) is 0 Å². The molecule has 0 amide bonds. The Balaban J connectivity index is 2.45. The summed E-state index contributed by atoms with van der Waals surface area (Å²) in [6.45, 7) is 2.87. The Morgan fingerprint density at radius 2 is 2.00 bits per heavy atom. The third-order valence-electron chi connectivity index (χ3n) is 2.37. The molecule has 0 N–H and O–H groups in total. The van der Waals surface area contributed by atoms with E-state index >= 15 is 0 Å². The van der Waals surface area contributed by atoms with Gasteiger partial charge in [-0.25, -0.2) is 0 Å². The van der Waals surface area contributed by atoms with Crippen molar-refractivity contribution in [2.45, 2.75) is 18.2 Å². The van der Waals surface area contributed by atoms with Gasteiger partial charge in [0, 0.05) is 37.1 Å². The first-order chi connectivity index (χ1) is 7.77. The molecule has 1 aromatic carbocycles. The second kappa shape index (κ2) is 7.47. The summed E-state index contributed by atoms with van der Waals surface area (Å²) in [6.07, 6.45) is 1.10. The summed E-state index contributed by atoms with van der Waals surface area (Å²) in [4.78, 5) is 5.48. The lowest BCUT2D eigenvalue weighted by molar-refractivity contribution is 0.200. The summed E-state index contributed by atoms with van der Waals surface area (Å²) < 4.78 is 5.02. The van der Waals surface area contributed by atoms with Gasteiger partial charge in [-0.2, -0.15) is 0 Å². The fourth-order valence-electron chi connectivity index (χ4n) is 1.31. The Labute approximate surface area is 102 Å². The molecule has 0 saturated heterocycles. The first kappa shape index (κ1) is 13.3. The maximum absolute atomic E-state index is 5.02. The van der Waals surface area contributed by atoms with Crippen molar-refractivity contribution in [3.63, 3.8) is 0 Å². The Kier molecular flexibility index (Phi) is 6.19. The van der Waals surface area contributed by atoms with E-state index in [0.717, 1.165) is 24.5 Å². The molecule has 0 atom stereocenters. The van der Waals surface area contributed by atoms with Crippen LogP contribution in [-0.2, 0) is 4.74 Å². The van der Waals surface area contributed by atoms with Gasteiger partial charge in [0.15, 0.2) is 0 Å². The van der Waals surface area contributed by atoms with Gasteiger partial charge >= 0.3 is 0 Å². The summed E-state index contributed by atoms with van der Waals surface area (Å²) in [7, 11) is 3.56. The molecule has 0 heterocycles. The molecule has 0 radical (unpaired) electrons. The average molecular weight is 237 g/mol. The van der Waals surface area contributed by atoms with Crippen LogP contribution in [0.2, 0.25) is 0 Å². The molecule has 2 nitrogen and oxygen atoms in total. The minimum atomic E-state index is 0.840. The highest BCUT2D eigenvalue weighted by molar-refractivity contribution is 7.99. The molecule has 0 fully saturated rings. The van der Waals surface area contributed by atoms with Crippen molar-refractivity contribution in [1.82, 2.24) is 0 Å². The summed E-state index contributed by atoms with van der Waals surface area (Å²) in [5.74, 6) is 1.11. The van der Waals surface area contributed by atoms with Crippen LogP contribution in [0.1, 0.15) is 18.9 Å². The fraction of sp³-hybridized carbons (Fsp3) is 0.462. The number of aliphatic imine (C=N–C) groups is 1. The highest BCUT2D eigenvalue weighted by Crippen LogP contribution is 2.19. The average Bonchev–Trinajstić information content (AvgIpc) is 2.34. The SMILES string of the molecule is CN=C(C)c1ccc(SCCCOC)cc1. The number of thioether (sulfide) groups is 1. The van der Waals surface area contributed by atoms with E-state index in [0.29, 0.717) is 0 Å². The van der Waals surface area contributed by atoms with Gasteiger partial charge in [-0.3, -0.25) is 4.99 Å². The summed E-state index contributed by atoms with van der Waals surface area (Å²) >= 11 is 1.87. The van der Waals surface area contributed by atoms with E-state index in [1.807, 2.05) is 25.7 Å². The maximum Gasteiger partial charge on any atom is 0.0470 e. The van der Waals surface area contributed by atoms with Crippen LogP contribution in [0.5, 0.6) is 0 Å². The van der Waals surface area contributed by atoms with Gasteiger partial charge in [0.05, 0.1) is 0 Å². The lowest BCUT2D eigenvalue weighted by Crippen LogP contribution is -1.93. The molecule has 0 aromatic heterocycles. The van der Waals surface area contributed by atoms with Crippen LogP contribution in [0.4, 0.5) is 0 Å². The van der Waals surface area contributed by atoms with E-state index in [9.17, 15) is 0 Å². The fourth-order valence-corrected chi connectivity index (χ4v) is 2.14. The van der Waals surface area contributed by atoms with Crippen molar-refractivity contribution >= 4 is 17.5 Å². The van der Waals surface area contributed by atoms with Gasteiger partial charge in [0.1, 0.15) is 0 Å². The van der Waals surface area contributed by atoms with Crippen LogP contribution < -0.4 is 0 Å². The van der Waals surface area contributed by atoms with E-state index < -0.39 is 0 Å². The third kappa shape index (κ3) is 4.37. The lowest BCUT2D eigenvalue weighted by atomic mass is 10.1. The molecule has 0 aliphatic heterocycles. The third-order valence-corrected chi connectivity index (χ3v) is 3.47. The molecule has 0 spiro atoms. The van der Waals surface area contributed by atoms with Gasteiger partial charge < -0.3 is 4.74 Å². The quantitative estimate of drug-likeness (QED) is 0.430. The highest BCUT2D eigenvalue weighted by atomic mass is 32.2. The number of rotatable bonds is 6. The molecule has 1 rings (SSSR count). The molecule has 0 bridgehead atoms. The van der Waals surface area contributed by atoms with E-state index in [2.05, 4.69) is 29.3 Å². The van der Waals surface area contributed by atoms with Crippen LogP contribution in [0, 0.1) is 0 Å². The zero-order valence-corrected chi connectivity index (χ0v) is 11.0. The topological polar surface area (TPSA) is 21.6 Å². The second-order valence-electron chi connectivity index (χ2n) is 3.53. The zero-order chi connectivity index (χ0) is 11.8. The zero-order valence-electron chi connectivity index (χ0n) is 10.2. The highest BCUT2D eigenvalue weighted by Gasteiger charge is 1.97. The number of methoxy groups -OCH3 is 1. The lowest BCUT2D eigenvalue weighted by Gasteiger charge is -2.03. The summed E-state index contributed by atoms with van der Waals surface area (Å²) in [5.41, 5.74) is 2.28. The van der Waals surface area contributed by atoms with Crippen LogP contribution in [0.3, 0.4) is 0 Å². The van der Waals surface area contributed by atoms with E-state index in [1.165, 1.54) is 10.5 Å². The van der Waals surface area contributed by atoms with E-state index in [-0.39, 0.29) is 0 Å². The predicted octanol–water partition coefficient (Wildman–Crippen LogP) is 3.25. The Morgan fingerprint density at radius 3 is 2.56 bits per heavy atom. The Hall–Kier alpha value is -0.800. The van der Waals surface area contributed by atoms with Gasteiger partial charge in [-0.05, 0) is 31.0 Å². The number of nitrogens with zero attached hydrogens (tertiary/aromatic N) is 1. The van der Waals surface area contributed by atoms with E-state index in [1.54, 1.807) is 7.11 Å². The minimum absolute atomic E-state index is 0.840. The molecule has 1 aromatic rings. The number of ether oxygens (including phenoxy) is 1. The number of benzene rings is 1. The molecule has 16 heavy (non-hydrogen) atoms. The monoisotopic (exact) mass is 237 g/mol. The minimum Gasteiger partial charge on any atom is -0.385 e. The second-order valence-corrected chi connectivity index (χ2v) is 4.70. The molecule has 0 aliphatic rings. The van der Waals surface area contributed by atoms with Crippen molar-refractivity contribution < 1.29 is 4.74 Å². The molecular formula is C13H19NOS. The normalized spacial score (nSPS) is 11.8. The van der Waals surface area contributed by atoms with Gasteiger partial charge in [0.2, 0.25) is 0 Å². The number of hydrogen-bond donors (Lipinski definition) is 0. The summed E-state index contributed by atoms with van der Waals surface area (Å²) in [6, 6.07) is 8.56. The number of hydrogen-bond acceptors (Lipinski definition) is 3. The van der Waals surface area contributed by atoms with Crippen LogP contribution in [0.15, 0.2) is 34.2 Å². The largest absolute Gasteiger partial charge is 0.385 e. The van der Waals surface area contributed by atoms with Crippen LogP contribution in [-0.4, -0.2) is 32.2 Å². The van der Waals surface area contributed by atoms with Crippen molar-refractivity contribution in [2.24, 2.45) is 4.99 Å². The predicted molar refractivity (Wildman–Crippen MR) is 71.8 cm³/mol. The molecule has 88 valence electrons. The smallest absolute Gasteiger partial charge is 0.0470 e. The van der Waals surface area contributed by atoms with Crippen molar-refractivity contribution in [1.29, 1.82) is 0 Å². The first-order valence-corrected chi connectivity index (χ1v) is 6.42.